The van der Waals surface area contributed by atoms with Gasteiger partial charge in [-0.1, -0.05) is 0 Å². The van der Waals surface area contributed by atoms with Gasteiger partial charge in [0.2, 0.25) is 0 Å². The minimum atomic E-state index is -0.851. The summed E-state index contributed by atoms with van der Waals surface area (Å²) >= 11 is 0. The van der Waals surface area contributed by atoms with Crippen molar-refractivity contribution in [3.8, 4) is 0 Å². The molecule has 0 saturated heterocycles. The fourth-order valence-corrected chi connectivity index (χ4v) is 1.40. The summed E-state index contributed by atoms with van der Waals surface area (Å²) in [6.07, 6.45) is 3.42. The summed E-state index contributed by atoms with van der Waals surface area (Å²) in [5, 5.41) is 11.2. The van der Waals surface area contributed by atoms with E-state index < -0.39 is 11.9 Å². The fraction of sp³-hybridized carbons (Fsp3) is 0.455. The highest BCUT2D eigenvalue weighted by atomic mass is 16.4. The first-order valence-electron chi connectivity index (χ1n) is 5.56. The number of H-pyrrole nitrogens is 1. The number of carbonyl (C=O) groups is 2. The quantitative estimate of drug-likeness (QED) is 0.667. The van der Waals surface area contributed by atoms with Gasteiger partial charge in [0.25, 0.3) is 11.5 Å². The number of aliphatic carboxylic acids is 1. The average Bonchev–Trinajstić information content (AvgIpc) is 2.29. The Kier molecular flexibility index (Phi) is 5.04. The summed E-state index contributed by atoms with van der Waals surface area (Å²) in [6, 6.07) is -0.148. The van der Waals surface area contributed by atoms with Gasteiger partial charge in [0.1, 0.15) is 5.69 Å². The number of nitrogens with one attached hydrogen (secondary N) is 2. The number of rotatable bonds is 6. The molecule has 3 N–H and O–H groups in total. The second kappa shape index (κ2) is 6.53. The van der Waals surface area contributed by atoms with E-state index >= 15 is 0 Å². The van der Waals surface area contributed by atoms with Crippen LogP contribution < -0.4 is 10.9 Å². The van der Waals surface area contributed by atoms with Crippen LogP contribution >= 0.6 is 0 Å². The number of amides is 1. The first-order valence-corrected chi connectivity index (χ1v) is 5.56. The van der Waals surface area contributed by atoms with Crippen molar-refractivity contribution in [2.45, 2.75) is 32.2 Å². The highest BCUT2D eigenvalue weighted by molar-refractivity contribution is 5.92. The van der Waals surface area contributed by atoms with E-state index in [0.717, 1.165) is 6.20 Å². The molecule has 0 aliphatic rings. The standard InChI is InChI=1S/C11H15N3O4/c1-7(3-2-4-10(16)17)14-11(18)8-5-13-9(15)6-12-8/h5-7H,2-4H2,1H3,(H,13,15)(H,14,18)(H,16,17). The highest BCUT2D eigenvalue weighted by Gasteiger charge is 2.11. The SMILES string of the molecule is CC(CCCC(=O)O)NC(=O)c1c[nH]c(=O)cn1. The maximum Gasteiger partial charge on any atom is 0.303 e. The number of aromatic amines is 1. The molecule has 18 heavy (non-hydrogen) atoms. The van der Waals surface area contributed by atoms with Gasteiger partial charge in [-0.3, -0.25) is 14.4 Å². The van der Waals surface area contributed by atoms with Gasteiger partial charge >= 0.3 is 5.97 Å². The van der Waals surface area contributed by atoms with E-state index in [1.54, 1.807) is 6.92 Å². The smallest absolute Gasteiger partial charge is 0.303 e. The van der Waals surface area contributed by atoms with Crippen LogP contribution in [0.4, 0.5) is 0 Å². The predicted octanol–water partition coefficient (Wildman–Crippen LogP) is 0.143. The van der Waals surface area contributed by atoms with E-state index in [0.29, 0.717) is 12.8 Å². The maximum atomic E-state index is 11.7. The van der Waals surface area contributed by atoms with Crippen LogP contribution in [0.15, 0.2) is 17.2 Å². The van der Waals surface area contributed by atoms with Crippen LogP contribution in [0.25, 0.3) is 0 Å². The third-order valence-corrected chi connectivity index (χ3v) is 2.31. The van der Waals surface area contributed by atoms with E-state index in [4.69, 9.17) is 5.11 Å². The molecule has 7 nitrogen and oxygen atoms in total. The van der Waals surface area contributed by atoms with Crippen LogP contribution in [-0.4, -0.2) is 33.0 Å². The van der Waals surface area contributed by atoms with Crippen molar-refractivity contribution in [1.29, 1.82) is 0 Å². The first kappa shape index (κ1) is 13.9. The van der Waals surface area contributed by atoms with Gasteiger partial charge in [-0.2, -0.15) is 0 Å². The summed E-state index contributed by atoms with van der Waals surface area (Å²) in [4.78, 5) is 38.8. The van der Waals surface area contributed by atoms with Crippen LogP contribution in [0.1, 0.15) is 36.7 Å². The van der Waals surface area contributed by atoms with Crippen LogP contribution in [0, 0.1) is 0 Å². The molecule has 0 spiro atoms. The Morgan fingerprint density at radius 1 is 1.56 bits per heavy atom. The van der Waals surface area contributed by atoms with Gasteiger partial charge in [-0.15, -0.1) is 0 Å². The van der Waals surface area contributed by atoms with Gasteiger partial charge in [0.15, 0.2) is 0 Å². The van der Waals surface area contributed by atoms with Crippen LogP contribution in [0.2, 0.25) is 0 Å². The number of hydrogen-bond acceptors (Lipinski definition) is 4. The Balaban J connectivity index is 2.42. The first-order chi connectivity index (χ1) is 8.49. The lowest BCUT2D eigenvalue weighted by atomic mass is 10.1. The van der Waals surface area contributed by atoms with Crippen molar-refractivity contribution in [3.63, 3.8) is 0 Å². The molecule has 98 valence electrons. The van der Waals surface area contributed by atoms with Crippen molar-refractivity contribution in [2.75, 3.05) is 0 Å². The molecule has 1 heterocycles. The van der Waals surface area contributed by atoms with E-state index in [-0.39, 0.29) is 23.7 Å². The molecule has 0 radical (unpaired) electrons. The van der Waals surface area contributed by atoms with Gasteiger partial charge in [-0.05, 0) is 19.8 Å². The van der Waals surface area contributed by atoms with Crippen molar-refractivity contribution >= 4 is 11.9 Å². The third-order valence-electron chi connectivity index (χ3n) is 2.31. The van der Waals surface area contributed by atoms with Gasteiger partial charge in [0, 0.05) is 18.7 Å². The number of carboxylic acids is 1. The molecule has 1 aromatic rings. The minimum Gasteiger partial charge on any atom is -0.481 e. The number of carboxylic acid groups (broad SMARTS) is 1. The van der Waals surface area contributed by atoms with E-state index in [1.807, 2.05) is 0 Å². The Hall–Kier alpha value is -2.18. The molecule has 0 bridgehead atoms. The molecule has 0 aliphatic carbocycles. The molecule has 7 heteroatoms. The molecule has 1 amide bonds. The van der Waals surface area contributed by atoms with Crippen molar-refractivity contribution < 1.29 is 14.7 Å². The molecule has 0 aliphatic heterocycles. The zero-order valence-corrected chi connectivity index (χ0v) is 9.97. The second-order valence-electron chi connectivity index (χ2n) is 3.96. The summed E-state index contributed by atoms with van der Waals surface area (Å²) < 4.78 is 0. The topological polar surface area (TPSA) is 112 Å². The summed E-state index contributed by atoms with van der Waals surface area (Å²) in [6.45, 7) is 1.78. The van der Waals surface area contributed by atoms with Crippen molar-refractivity contribution in [1.82, 2.24) is 15.3 Å². The van der Waals surface area contributed by atoms with Gasteiger partial charge < -0.3 is 15.4 Å². The van der Waals surface area contributed by atoms with Crippen LogP contribution in [0.5, 0.6) is 0 Å². The number of aromatic nitrogens is 2. The zero-order valence-electron chi connectivity index (χ0n) is 9.97. The number of carbonyl (C=O) groups excluding carboxylic acids is 1. The Bertz CT molecular complexity index is 463. The normalized spacial score (nSPS) is 11.8. The third kappa shape index (κ3) is 4.77. The molecule has 0 fully saturated rings. The average molecular weight is 253 g/mol. The number of hydrogen-bond donors (Lipinski definition) is 3. The second-order valence-corrected chi connectivity index (χ2v) is 3.96. The van der Waals surface area contributed by atoms with E-state index in [9.17, 15) is 14.4 Å². The van der Waals surface area contributed by atoms with Crippen LogP contribution in [0.3, 0.4) is 0 Å². The summed E-state index contributed by atoms with van der Waals surface area (Å²) in [5.74, 6) is -1.25. The Labute approximate surface area is 103 Å². The molecular weight excluding hydrogens is 238 g/mol. The Morgan fingerprint density at radius 2 is 2.28 bits per heavy atom. The predicted molar refractivity (Wildman–Crippen MR) is 63.3 cm³/mol. The molecule has 0 saturated carbocycles. The lowest BCUT2D eigenvalue weighted by Crippen LogP contribution is -2.33. The molecule has 1 aromatic heterocycles. The van der Waals surface area contributed by atoms with Crippen LogP contribution in [-0.2, 0) is 4.79 Å². The van der Waals surface area contributed by atoms with Crippen molar-refractivity contribution in [2.24, 2.45) is 0 Å². The molecular formula is C11H15N3O4. The largest absolute Gasteiger partial charge is 0.481 e. The summed E-state index contributed by atoms with van der Waals surface area (Å²) in [7, 11) is 0. The van der Waals surface area contributed by atoms with Gasteiger partial charge in [0.05, 0.1) is 6.20 Å². The summed E-state index contributed by atoms with van der Waals surface area (Å²) in [5.41, 5.74) is -0.249. The fourth-order valence-electron chi connectivity index (χ4n) is 1.40. The molecule has 1 atom stereocenters. The zero-order chi connectivity index (χ0) is 13.5. The Morgan fingerprint density at radius 3 is 2.83 bits per heavy atom. The van der Waals surface area contributed by atoms with Crippen molar-refractivity contribution in [3.05, 3.63) is 28.4 Å². The molecule has 0 aromatic carbocycles. The lowest BCUT2D eigenvalue weighted by Gasteiger charge is -2.12. The molecule has 1 unspecified atom stereocenters. The minimum absolute atomic E-state index is 0.0805. The lowest BCUT2D eigenvalue weighted by molar-refractivity contribution is -0.137. The molecule has 1 rings (SSSR count). The van der Waals surface area contributed by atoms with E-state index in [2.05, 4.69) is 15.3 Å². The highest BCUT2D eigenvalue weighted by Crippen LogP contribution is 2.01. The maximum absolute atomic E-state index is 11.7. The number of nitrogens with zero attached hydrogens (tertiary/aromatic N) is 1. The van der Waals surface area contributed by atoms with E-state index in [1.165, 1.54) is 6.20 Å². The van der Waals surface area contributed by atoms with Gasteiger partial charge in [-0.25, -0.2) is 4.98 Å². The monoisotopic (exact) mass is 253 g/mol.